The minimum absolute atomic E-state index is 0.239. The number of hydrogen-bond acceptors (Lipinski definition) is 3. The molecule has 4 heteroatoms. The van der Waals surface area contributed by atoms with Crippen LogP contribution in [0.5, 0.6) is 0 Å². The van der Waals surface area contributed by atoms with E-state index in [0.29, 0.717) is 0 Å². The summed E-state index contributed by atoms with van der Waals surface area (Å²) in [5, 5.41) is 0.755. The molecule has 0 radical (unpaired) electrons. The zero-order valence-electron chi connectivity index (χ0n) is 9.03. The summed E-state index contributed by atoms with van der Waals surface area (Å²) in [5.41, 5.74) is 7.62. The van der Waals surface area contributed by atoms with E-state index >= 15 is 0 Å². The Labute approximate surface area is 99.2 Å². The Morgan fingerprint density at radius 2 is 1.94 bits per heavy atom. The van der Waals surface area contributed by atoms with E-state index in [4.69, 9.17) is 21.8 Å². The minimum Gasteiger partial charge on any atom is -0.429 e. The first kappa shape index (κ1) is 11.0. The molecule has 0 spiro atoms. The van der Waals surface area contributed by atoms with Crippen molar-refractivity contribution in [2.24, 2.45) is 0 Å². The van der Waals surface area contributed by atoms with Crippen LogP contribution in [0, 0.1) is 6.92 Å². The van der Waals surface area contributed by atoms with Gasteiger partial charge in [0, 0.05) is 5.02 Å². The van der Waals surface area contributed by atoms with Crippen LogP contribution < -0.4 is 5.73 Å². The van der Waals surface area contributed by atoms with Crippen molar-refractivity contribution in [1.82, 2.24) is 4.98 Å². The van der Waals surface area contributed by atoms with Crippen molar-refractivity contribution in [2.75, 3.05) is 5.73 Å². The Hall–Kier alpha value is -1.48. The number of halogens is 1. The Bertz CT molecular complexity index is 476. The van der Waals surface area contributed by atoms with Crippen molar-refractivity contribution in [2.45, 2.75) is 19.8 Å². The van der Waals surface area contributed by atoms with Crippen molar-refractivity contribution in [3.8, 4) is 0 Å². The SMILES string of the molecule is Cc1oc(N)nc1CCc1ccc(Cl)cc1. The van der Waals surface area contributed by atoms with Gasteiger partial charge in [0.2, 0.25) is 0 Å². The van der Waals surface area contributed by atoms with Crippen LogP contribution >= 0.6 is 11.6 Å². The lowest BCUT2D eigenvalue weighted by atomic mass is 10.1. The smallest absolute Gasteiger partial charge is 0.292 e. The number of nitrogens with zero attached hydrogens (tertiary/aromatic N) is 1. The average Bonchev–Trinajstić information content (AvgIpc) is 2.57. The molecule has 2 rings (SSSR count). The molecular formula is C12H13ClN2O. The monoisotopic (exact) mass is 236 g/mol. The van der Waals surface area contributed by atoms with Gasteiger partial charge in [-0.2, -0.15) is 4.98 Å². The fraction of sp³-hybridized carbons (Fsp3) is 0.250. The molecule has 1 heterocycles. The number of nitrogen functional groups attached to an aromatic ring is 1. The molecule has 1 aromatic carbocycles. The van der Waals surface area contributed by atoms with Crippen LogP contribution in [0.15, 0.2) is 28.7 Å². The quantitative estimate of drug-likeness (QED) is 0.891. The second-order valence-corrected chi connectivity index (χ2v) is 4.12. The Balaban J connectivity index is 2.02. The van der Waals surface area contributed by atoms with Gasteiger partial charge in [0.05, 0.1) is 5.69 Å². The van der Waals surface area contributed by atoms with E-state index in [1.165, 1.54) is 5.56 Å². The summed E-state index contributed by atoms with van der Waals surface area (Å²) in [6, 6.07) is 8.05. The summed E-state index contributed by atoms with van der Waals surface area (Å²) in [5.74, 6) is 0.798. The first-order valence-corrected chi connectivity index (χ1v) is 5.49. The molecule has 2 aromatic rings. The summed E-state index contributed by atoms with van der Waals surface area (Å²) in [6.45, 7) is 1.88. The predicted molar refractivity (Wildman–Crippen MR) is 64.5 cm³/mol. The number of nitrogens with two attached hydrogens (primary N) is 1. The van der Waals surface area contributed by atoms with Gasteiger partial charge in [-0.25, -0.2) is 0 Å². The van der Waals surface area contributed by atoms with Crippen LogP contribution in [0.3, 0.4) is 0 Å². The third-order valence-corrected chi connectivity index (χ3v) is 2.72. The van der Waals surface area contributed by atoms with E-state index in [1.807, 2.05) is 31.2 Å². The van der Waals surface area contributed by atoms with E-state index in [1.54, 1.807) is 0 Å². The van der Waals surface area contributed by atoms with Gasteiger partial charge in [-0.1, -0.05) is 23.7 Å². The fourth-order valence-corrected chi connectivity index (χ4v) is 1.72. The molecule has 1 aromatic heterocycles. The molecular weight excluding hydrogens is 224 g/mol. The highest BCUT2D eigenvalue weighted by molar-refractivity contribution is 6.30. The largest absolute Gasteiger partial charge is 0.429 e. The van der Waals surface area contributed by atoms with Gasteiger partial charge in [-0.3, -0.25) is 0 Å². The van der Waals surface area contributed by atoms with Crippen LogP contribution in [0.4, 0.5) is 6.01 Å². The van der Waals surface area contributed by atoms with Crippen LogP contribution in [-0.4, -0.2) is 4.98 Å². The van der Waals surface area contributed by atoms with Gasteiger partial charge in [0.15, 0.2) is 0 Å². The number of aromatic nitrogens is 1. The average molecular weight is 237 g/mol. The summed E-state index contributed by atoms with van der Waals surface area (Å²) in [7, 11) is 0. The number of aryl methyl sites for hydroxylation is 3. The van der Waals surface area contributed by atoms with Gasteiger partial charge >= 0.3 is 0 Å². The molecule has 0 bridgehead atoms. The van der Waals surface area contributed by atoms with Crippen LogP contribution in [0.2, 0.25) is 5.02 Å². The summed E-state index contributed by atoms with van der Waals surface area (Å²) >= 11 is 5.81. The lowest BCUT2D eigenvalue weighted by Crippen LogP contribution is -1.94. The van der Waals surface area contributed by atoms with Crippen LogP contribution in [-0.2, 0) is 12.8 Å². The molecule has 0 fully saturated rings. The van der Waals surface area contributed by atoms with E-state index in [9.17, 15) is 0 Å². The maximum Gasteiger partial charge on any atom is 0.292 e. The van der Waals surface area contributed by atoms with Gasteiger partial charge in [0.1, 0.15) is 5.76 Å². The number of hydrogen-bond donors (Lipinski definition) is 1. The number of oxazole rings is 1. The lowest BCUT2D eigenvalue weighted by molar-refractivity contribution is 0.544. The van der Waals surface area contributed by atoms with E-state index in [0.717, 1.165) is 29.3 Å². The maximum atomic E-state index is 5.81. The van der Waals surface area contributed by atoms with Crippen molar-refractivity contribution < 1.29 is 4.42 Å². The summed E-state index contributed by atoms with van der Waals surface area (Å²) < 4.78 is 5.17. The molecule has 0 aliphatic rings. The lowest BCUT2D eigenvalue weighted by Gasteiger charge is -1.99. The summed E-state index contributed by atoms with van der Waals surface area (Å²) in [4.78, 5) is 4.13. The number of anilines is 1. The minimum atomic E-state index is 0.239. The van der Waals surface area contributed by atoms with Gasteiger partial charge < -0.3 is 10.2 Å². The van der Waals surface area contributed by atoms with E-state index in [-0.39, 0.29) is 6.01 Å². The standard InChI is InChI=1S/C12H13ClN2O/c1-8-11(15-12(14)16-8)7-4-9-2-5-10(13)6-3-9/h2-3,5-6H,4,7H2,1H3,(H2,14,15). The highest BCUT2D eigenvalue weighted by Crippen LogP contribution is 2.15. The Morgan fingerprint density at radius 3 is 2.50 bits per heavy atom. The van der Waals surface area contributed by atoms with E-state index in [2.05, 4.69) is 4.98 Å². The molecule has 0 aliphatic carbocycles. The maximum absolute atomic E-state index is 5.81. The molecule has 2 N–H and O–H groups in total. The highest BCUT2D eigenvalue weighted by atomic mass is 35.5. The summed E-state index contributed by atoms with van der Waals surface area (Å²) in [6.07, 6.45) is 1.73. The van der Waals surface area contributed by atoms with E-state index < -0.39 is 0 Å². The number of rotatable bonds is 3. The zero-order valence-corrected chi connectivity index (χ0v) is 9.79. The third kappa shape index (κ3) is 2.55. The molecule has 0 unspecified atom stereocenters. The zero-order chi connectivity index (χ0) is 11.5. The van der Waals surface area contributed by atoms with Crippen molar-refractivity contribution in [3.63, 3.8) is 0 Å². The molecule has 16 heavy (non-hydrogen) atoms. The van der Waals surface area contributed by atoms with Crippen LogP contribution in [0.1, 0.15) is 17.0 Å². The first-order chi connectivity index (χ1) is 7.65. The van der Waals surface area contributed by atoms with Gasteiger partial charge in [0.25, 0.3) is 6.01 Å². The number of benzene rings is 1. The predicted octanol–water partition coefficient (Wildman–Crippen LogP) is 3.00. The second kappa shape index (κ2) is 4.58. The fourth-order valence-electron chi connectivity index (χ4n) is 1.60. The topological polar surface area (TPSA) is 52.0 Å². The van der Waals surface area contributed by atoms with Crippen LogP contribution in [0.25, 0.3) is 0 Å². The first-order valence-electron chi connectivity index (χ1n) is 5.11. The molecule has 0 aliphatic heterocycles. The Morgan fingerprint density at radius 1 is 1.25 bits per heavy atom. The second-order valence-electron chi connectivity index (χ2n) is 3.68. The Kier molecular flexibility index (Phi) is 3.15. The third-order valence-electron chi connectivity index (χ3n) is 2.47. The molecule has 0 saturated carbocycles. The molecule has 0 saturated heterocycles. The van der Waals surface area contributed by atoms with Gasteiger partial charge in [-0.05, 0) is 37.5 Å². The van der Waals surface area contributed by atoms with Crippen molar-refractivity contribution in [3.05, 3.63) is 46.3 Å². The van der Waals surface area contributed by atoms with Crippen molar-refractivity contribution >= 4 is 17.6 Å². The molecule has 0 atom stereocenters. The molecule has 0 amide bonds. The van der Waals surface area contributed by atoms with Crippen molar-refractivity contribution in [1.29, 1.82) is 0 Å². The molecule has 3 nitrogen and oxygen atoms in total. The normalized spacial score (nSPS) is 10.6. The highest BCUT2D eigenvalue weighted by Gasteiger charge is 2.06. The molecule has 84 valence electrons. The van der Waals surface area contributed by atoms with Gasteiger partial charge in [-0.15, -0.1) is 0 Å².